The van der Waals surface area contributed by atoms with E-state index in [1.54, 1.807) is 22.6 Å². The molecule has 2 N–H and O–H groups in total. The zero-order valence-corrected chi connectivity index (χ0v) is 13.2. The summed E-state index contributed by atoms with van der Waals surface area (Å²) in [7, 11) is 0. The molecule has 20 heavy (non-hydrogen) atoms. The Kier molecular flexibility index (Phi) is 6.08. The number of hydrogen-bond donors (Lipinski definition) is 2. The minimum absolute atomic E-state index is 0. The maximum Gasteiger partial charge on any atom is 0.417 e. The quantitative estimate of drug-likeness (QED) is 0.723. The first-order valence-corrected chi connectivity index (χ1v) is 6.84. The molecule has 1 unspecified atom stereocenters. The molecule has 1 fully saturated rings. The van der Waals surface area contributed by atoms with Gasteiger partial charge < -0.3 is 10.6 Å². The first kappa shape index (κ1) is 17.5. The van der Waals surface area contributed by atoms with Crippen molar-refractivity contribution in [3.8, 4) is 0 Å². The molecule has 1 heterocycles. The van der Waals surface area contributed by atoms with Gasteiger partial charge in [0.1, 0.15) is 0 Å². The van der Waals surface area contributed by atoms with Gasteiger partial charge in [0.05, 0.1) is 11.1 Å². The first-order valence-electron chi connectivity index (χ1n) is 5.76. The summed E-state index contributed by atoms with van der Waals surface area (Å²) in [5, 5.41) is 5.67. The van der Waals surface area contributed by atoms with Crippen molar-refractivity contribution in [2.24, 2.45) is 0 Å². The van der Waals surface area contributed by atoms with Crippen LogP contribution in [-0.2, 0) is 6.18 Å². The van der Waals surface area contributed by atoms with Gasteiger partial charge in [-0.1, -0.05) is 0 Å². The van der Waals surface area contributed by atoms with E-state index in [9.17, 15) is 18.0 Å². The molecule has 2 rings (SSSR count). The van der Waals surface area contributed by atoms with E-state index in [4.69, 9.17) is 0 Å². The van der Waals surface area contributed by atoms with Crippen molar-refractivity contribution in [3.05, 3.63) is 32.9 Å². The Morgan fingerprint density at radius 1 is 1.40 bits per heavy atom. The molecule has 1 aromatic carbocycles. The maximum absolute atomic E-state index is 12.9. The van der Waals surface area contributed by atoms with Crippen molar-refractivity contribution < 1.29 is 18.0 Å². The Morgan fingerprint density at radius 2 is 2.10 bits per heavy atom. The third-order valence-electron chi connectivity index (χ3n) is 2.93. The summed E-state index contributed by atoms with van der Waals surface area (Å²) in [5.74, 6) is -0.669. The minimum Gasteiger partial charge on any atom is -0.348 e. The minimum atomic E-state index is -4.53. The van der Waals surface area contributed by atoms with Gasteiger partial charge in [-0.25, -0.2) is 0 Å². The number of amides is 1. The molecule has 3 nitrogen and oxygen atoms in total. The van der Waals surface area contributed by atoms with Gasteiger partial charge >= 0.3 is 6.18 Å². The number of carbonyl (C=O) groups is 1. The van der Waals surface area contributed by atoms with Crippen LogP contribution in [0.15, 0.2) is 18.2 Å². The van der Waals surface area contributed by atoms with Crippen molar-refractivity contribution in [1.82, 2.24) is 10.6 Å². The Balaban J connectivity index is 0.00000200. The summed E-state index contributed by atoms with van der Waals surface area (Å²) in [6.07, 6.45) is -3.79. The molecular formula is C12H13ClF3IN2O. The predicted octanol–water partition coefficient (Wildman–Crippen LogP) is 2.82. The molecule has 1 aliphatic rings. The van der Waals surface area contributed by atoms with E-state index in [-0.39, 0.29) is 24.0 Å². The van der Waals surface area contributed by atoms with E-state index in [1.165, 1.54) is 12.1 Å². The molecule has 1 amide bonds. The normalized spacial score (nSPS) is 18.5. The van der Waals surface area contributed by atoms with Crippen molar-refractivity contribution >= 4 is 40.9 Å². The van der Waals surface area contributed by atoms with E-state index in [0.29, 0.717) is 10.1 Å². The lowest BCUT2D eigenvalue weighted by atomic mass is 10.1. The third kappa shape index (κ3) is 4.23. The number of nitrogens with one attached hydrogen (secondary N) is 2. The Bertz CT molecular complexity index is 490. The fraction of sp³-hybridized carbons (Fsp3) is 0.417. The smallest absolute Gasteiger partial charge is 0.348 e. The average molecular weight is 421 g/mol. The number of carbonyl (C=O) groups excluding carboxylic acids is 1. The zero-order valence-electron chi connectivity index (χ0n) is 10.3. The van der Waals surface area contributed by atoms with Crippen LogP contribution in [0.4, 0.5) is 13.2 Å². The van der Waals surface area contributed by atoms with E-state index in [1.807, 2.05) is 0 Å². The standard InChI is InChI=1S/C12H12F3IN2O.ClH/c13-12(14,15)10-5-7(16)1-2-9(10)11(19)18-8-3-4-17-6-8;/h1-2,5,8,17H,3-4,6H2,(H,18,19);1H. The molecule has 1 aliphatic heterocycles. The fourth-order valence-electron chi connectivity index (χ4n) is 1.99. The second-order valence-electron chi connectivity index (χ2n) is 4.35. The maximum atomic E-state index is 12.9. The summed E-state index contributed by atoms with van der Waals surface area (Å²) in [6.45, 7) is 1.36. The molecule has 1 aromatic rings. The van der Waals surface area contributed by atoms with E-state index in [0.717, 1.165) is 19.0 Å². The van der Waals surface area contributed by atoms with E-state index < -0.39 is 17.6 Å². The largest absolute Gasteiger partial charge is 0.417 e. The molecule has 8 heteroatoms. The van der Waals surface area contributed by atoms with Crippen LogP contribution in [0.3, 0.4) is 0 Å². The van der Waals surface area contributed by atoms with Crippen LogP contribution >= 0.6 is 35.0 Å². The van der Waals surface area contributed by atoms with Gasteiger partial charge in [-0.15, -0.1) is 12.4 Å². The number of rotatable bonds is 2. The molecule has 0 aromatic heterocycles. The van der Waals surface area contributed by atoms with Gasteiger partial charge in [-0.3, -0.25) is 4.79 Å². The van der Waals surface area contributed by atoms with Crippen molar-refractivity contribution in [2.75, 3.05) is 13.1 Å². The summed E-state index contributed by atoms with van der Waals surface area (Å²) in [6, 6.07) is 3.61. The van der Waals surface area contributed by atoms with Crippen LogP contribution < -0.4 is 10.6 Å². The highest BCUT2D eigenvalue weighted by Gasteiger charge is 2.35. The number of halogens is 5. The van der Waals surface area contributed by atoms with Crippen molar-refractivity contribution in [1.29, 1.82) is 0 Å². The van der Waals surface area contributed by atoms with Crippen LogP contribution in [0.5, 0.6) is 0 Å². The van der Waals surface area contributed by atoms with Gasteiger partial charge in [-0.05, 0) is 53.8 Å². The Morgan fingerprint density at radius 3 is 2.65 bits per heavy atom. The van der Waals surface area contributed by atoms with Gasteiger partial charge in [0.2, 0.25) is 0 Å². The molecule has 0 bridgehead atoms. The highest BCUT2D eigenvalue weighted by Crippen LogP contribution is 2.33. The summed E-state index contributed by atoms with van der Waals surface area (Å²) < 4.78 is 39.2. The monoisotopic (exact) mass is 420 g/mol. The molecule has 0 saturated carbocycles. The van der Waals surface area contributed by atoms with Crippen molar-refractivity contribution in [2.45, 2.75) is 18.6 Å². The summed E-state index contributed by atoms with van der Waals surface area (Å²) >= 11 is 1.79. The predicted molar refractivity (Wildman–Crippen MR) is 80.1 cm³/mol. The molecule has 1 saturated heterocycles. The molecule has 0 radical (unpaired) electrons. The van der Waals surface area contributed by atoms with E-state index in [2.05, 4.69) is 10.6 Å². The molecule has 1 atom stereocenters. The lowest BCUT2D eigenvalue weighted by Gasteiger charge is -2.16. The topological polar surface area (TPSA) is 41.1 Å². The summed E-state index contributed by atoms with van der Waals surface area (Å²) in [4.78, 5) is 11.9. The molecule has 0 aliphatic carbocycles. The van der Waals surface area contributed by atoms with Crippen LogP contribution in [0.25, 0.3) is 0 Å². The summed E-state index contributed by atoms with van der Waals surface area (Å²) in [5.41, 5.74) is -1.21. The van der Waals surface area contributed by atoms with Gasteiger partial charge in [-0.2, -0.15) is 13.2 Å². The highest BCUT2D eigenvalue weighted by molar-refractivity contribution is 14.1. The van der Waals surface area contributed by atoms with Gasteiger partial charge in [0, 0.05) is 16.2 Å². The fourth-order valence-corrected chi connectivity index (χ4v) is 2.48. The number of hydrogen-bond acceptors (Lipinski definition) is 2. The lowest BCUT2D eigenvalue weighted by Crippen LogP contribution is -2.37. The Labute approximate surface area is 134 Å². The lowest BCUT2D eigenvalue weighted by molar-refractivity contribution is -0.138. The third-order valence-corrected chi connectivity index (χ3v) is 3.60. The zero-order chi connectivity index (χ0) is 14.0. The average Bonchev–Trinajstić information content (AvgIpc) is 2.80. The Hall–Kier alpha value is -0.540. The highest BCUT2D eigenvalue weighted by atomic mass is 127. The second kappa shape index (κ2) is 6.95. The van der Waals surface area contributed by atoms with Crippen molar-refractivity contribution in [3.63, 3.8) is 0 Å². The molecular weight excluding hydrogens is 407 g/mol. The van der Waals surface area contributed by atoms with Crippen LogP contribution in [0.1, 0.15) is 22.3 Å². The molecule has 0 spiro atoms. The number of alkyl halides is 3. The van der Waals surface area contributed by atoms with Gasteiger partial charge in [0.25, 0.3) is 5.91 Å². The van der Waals surface area contributed by atoms with Crippen LogP contribution in [0.2, 0.25) is 0 Å². The van der Waals surface area contributed by atoms with Gasteiger partial charge in [0.15, 0.2) is 0 Å². The second-order valence-corrected chi connectivity index (χ2v) is 5.60. The first-order chi connectivity index (χ1) is 8.88. The number of benzene rings is 1. The van der Waals surface area contributed by atoms with Crippen LogP contribution in [0, 0.1) is 3.57 Å². The SMILES string of the molecule is Cl.O=C(NC1CCNC1)c1ccc(I)cc1C(F)(F)F. The van der Waals surface area contributed by atoms with E-state index >= 15 is 0 Å². The molecule has 112 valence electrons. The van der Waals surface area contributed by atoms with Crippen LogP contribution in [-0.4, -0.2) is 25.0 Å².